The number of nitrogens with one attached hydrogen (secondary N) is 1. The van der Waals surface area contributed by atoms with Gasteiger partial charge in [-0.15, -0.1) is 0 Å². The highest BCUT2D eigenvalue weighted by Crippen LogP contribution is 2.23. The fraction of sp³-hybridized carbons (Fsp3) is 0.250. The molecule has 1 heterocycles. The molecule has 21 heavy (non-hydrogen) atoms. The number of hydrogen-bond acceptors (Lipinski definition) is 5. The van der Waals surface area contributed by atoms with Crippen LogP contribution >= 0.6 is 0 Å². The van der Waals surface area contributed by atoms with Gasteiger partial charge in [-0.1, -0.05) is 6.07 Å². The summed E-state index contributed by atoms with van der Waals surface area (Å²) in [7, 11) is 1.59. The van der Waals surface area contributed by atoms with Crippen LogP contribution in [-0.4, -0.2) is 12.1 Å². The number of nitrogens with two attached hydrogens (primary N) is 1. The van der Waals surface area contributed by atoms with Gasteiger partial charge in [-0.25, -0.2) is 0 Å². The van der Waals surface area contributed by atoms with Gasteiger partial charge in [-0.05, 0) is 37.6 Å². The number of nitrogens with zero attached hydrogens (tertiary/aromatic N) is 2. The van der Waals surface area contributed by atoms with E-state index in [1.54, 1.807) is 7.11 Å². The quantitative estimate of drug-likeness (QED) is 0.842. The van der Waals surface area contributed by atoms with Crippen molar-refractivity contribution in [2.24, 2.45) is 0 Å². The number of hydrogen-bond donors (Lipinski definition) is 2. The summed E-state index contributed by atoms with van der Waals surface area (Å²) in [5.74, 6) is 0.659. The first-order valence-electron chi connectivity index (χ1n) is 6.59. The molecule has 0 fully saturated rings. The van der Waals surface area contributed by atoms with Crippen molar-refractivity contribution in [3.63, 3.8) is 0 Å². The lowest BCUT2D eigenvalue weighted by atomic mass is 10.1. The van der Waals surface area contributed by atoms with Crippen LogP contribution in [0.5, 0.6) is 5.75 Å². The zero-order valence-corrected chi connectivity index (χ0v) is 12.4. The fourth-order valence-corrected chi connectivity index (χ4v) is 2.20. The van der Waals surface area contributed by atoms with Crippen LogP contribution in [-0.2, 0) is 6.54 Å². The molecular weight excluding hydrogens is 264 g/mol. The Morgan fingerprint density at radius 2 is 2.10 bits per heavy atom. The molecule has 0 radical (unpaired) electrons. The molecule has 5 nitrogen and oxygen atoms in total. The Morgan fingerprint density at radius 1 is 1.33 bits per heavy atom. The van der Waals surface area contributed by atoms with Crippen LogP contribution in [0.4, 0.5) is 11.4 Å². The van der Waals surface area contributed by atoms with Crippen LogP contribution in [0.1, 0.15) is 22.5 Å². The molecule has 2 rings (SSSR count). The van der Waals surface area contributed by atoms with Crippen LogP contribution < -0.4 is 15.8 Å². The first kappa shape index (κ1) is 14.7. The predicted octanol–water partition coefficient (Wildman–Crippen LogP) is 2.77. The van der Waals surface area contributed by atoms with Crippen LogP contribution in [0.15, 0.2) is 24.3 Å². The molecule has 5 heteroatoms. The Balaban J connectivity index is 2.21. The van der Waals surface area contributed by atoms with Gasteiger partial charge in [0.2, 0.25) is 0 Å². The van der Waals surface area contributed by atoms with E-state index in [0.717, 1.165) is 22.6 Å². The maximum absolute atomic E-state index is 9.23. The number of benzene rings is 1. The molecular formula is C16H18N4O. The Morgan fingerprint density at radius 3 is 2.71 bits per heavy atom. The summed E-state index contributed by atoms with van der Waals surface area (Å²) in [6.45, 7) is 4.32. The summed E-state index contributed by atoms with van der Waals surface area (Å²) in [6.07, 6.45) is 0. The van der Waals surface area contributed by atoms with Crippen molar-refractivity contribution >= 4 is 11.4 Å². The van der Waals surface area contributed by atoms with Gasteiger partial charge in [-0.2, -0.15) is 5.26 Å². The molecule has 0 atom stereocenters. The number of pyridine rings is 1. The minimum atomic E-state index is 0.571. The molecule has 1 aromatic carbocycles. The molecule has 0 amide bonds. The summed E-state index contributed by atoms with van der Waals surface area (Å²) in [6, 6.07) is 9.69. The molecule has 108 valence electrons. The van der Waals surface area contributed by atoms with Gasteiger partial charge in [0.25, 0.3) is 0 Å². The van der Waals surface area contributed by atoms with Crippen LogP contribution in [0.25, 0.3) is 0 Å². The van der Waals surface area contributed by atoms with Crippen molar-refractivity contribution in [2.45, 2.75) is 20.4 Å². The van der Waals surface area contributed by atoms with E-state index >= 15 is 0 Å². The number of methoxy groups -OCH3 is 1. The third-order valence-corrected chi connectivity index (χ3v) is 3.22. The van der Waals surface area contributed by atoms with Crippen molar-refractivity contribution in [3.8, 4) is 11.8 Å². The number of ether oxygens (including phenoxy) is 1. The van der Waals surface area contributed by atoms with Crippen molar-refractivity contribution in [2.75, 3.05) is 18.2 Å². The van der Waals surface area contributed by atoms with Gasteiger partial charge >= 0.3 is 0 Å². The van der Waals surface area contributed by atoms with E-state index in [1.807, 2.05) is 38.1 Å². The SMILES string of the molecule is COc1ccc(CNc2cc(C)nc(C)c2C#N)cc1N. The highest BCUT2D eigenvalue weighted by Gasteiger charge is 2.08. The number of aryl methyl sites for hydroxylation is 2. The average molecular weight is 282 g/mol. The second-order valence-electron chi connectivity index (χ2n) is 4.81. The maximum atomic E-state index is 9.23. The molecule has 0 unspecified atom stereocenters. The average Bonchev–Trinajstić information content (AvgIpc) is 2.44. The molecule has 3 N–H and O–H groups in total. The monoisotopic (exact) mass is 282 g/mol. The Bertz CT molecular complexity index is 704. The molecule has 2 aromatic rings. The summed E-state index contributed by atoms with van der Waals surface area (Å²) < 4.78 is 5.13. The summed E-state index contributed by atoms with van der Waals surface area (Å²) in [5, 5.41) is 12.5. The highest BCUT2D eigenvalue weighted by molar-refractivity contribution is 5.60. The molecule has 1 aromatic heterocycles. The third kappa shape index (κ3) is 3.23. The van der Waals surface area contributed by atoms with Crippen LogP contribution in [0, 0.1) is 25.2 Å². The number of nitriles is 1. The second-order valence-corrected chi connectivity index (χ2v) is 4.81. The van der Waals surface area contributed by atoms with Gasteiger partial charge in [0.1, 0.15) is 11.8 Å². The maximum Gasteiger partial charge on any atom is 0.141 e. The molecule has 0 spiro atoms. The van der Waals surface area contributed by atoms with Crippen molar-refractivity contribution in [1.29, 1.82) is 5.26 Å². The summed E-state index contributed by atoms with van der Waals surface area (Å²) in [4.78, 5) is 4.30. The molecule has 0 bridgehead atoms. The largest absolute Gasteiger partial charge is 0.495 e. The Labute approximate surface area is 124 Å². The van der Waals surface area contributed by atoms with E-state index in [0.29, 0.717) is 23.5 Å². The second kappa shape index (κ2) is 6.14. The standard InChI is InChI=1S/C16H18N4O/c1-10-6-15(13(8-17)11(2)20-10)19-9-12-4-5-16(21-3)14(18)7-12/h4-7H,9,18H2,1-3H3,(H,19,20). The van der Waals surface area contributed by atoms with Gasteiger partial charge in [0.05, 0.1) is 29.7 Å². The van der Waals surface area contributed by atoms with Gasteiger partial charge < -0.3 is 15.8 Å². The number of anilines is 2. The molecule has 0 saturated heterocycles. The number of rotatable bonds is 4. The summed E-state index contributed by atoms with van der Waals surface area (Å²) >= 11 is 0. The van der Waals surface area contributed by atoms with E-state index < -0.39 is 0 Å². The molecule has 0 aliphatic carbocycles. The van der Waals surface area contributed by atoms with Crippen molar-refractivity contribution < 1.29 is 4.74 Å². The first-order valence-corrected chi connectivity index (χ1v) is 6.59. The molecule has 0 aliphatic rings. The van der Waals surface area contributed by atoms with E-state index in [9.17, 15) is 5.26 Å². The Kier molecular flexibility index (Phi) is 4.29. The van der Waals surface area contributed by atoms with Gasteiger partial charge in [0, 0.05) is 12.2 Å². The van der Waals surface area contributed by atoms with E-state index in [1.165, 1.54) is 0 Å². The lowest BCUT2D eigenvalue weighted by Gasteiger charge is -2.12. The topological polar surface area (TPSA) is 84.0 Å². The van der Waals surface area contributed by atoms with Crippen LogP contribution in [0.2, 0.25) is 0 Å². The van der Waals surface area contributed by atoms with E-state index in [2.05, 4.69) is 16.4 Å². The van der Waals surface area contributed by atoms with E-state index in [4.69, 9.17) is 10.5 Å². The van der Waals surface area contributed by atoms with Crippen molar-refractivity contribution in [1.82, 2.24) is 4.98 Å². The lowest BCUT2D eigenvalue weighted by molar-refractivity contribution is 0.417. The summed E-state index contributed by atoms with van der Waals surface area (Å²) in [5.41, 5.74) is 10.5. The van der Waals surface area contributed by atoms with Gasteiger partial charge in [-0.3, -0.25) is 4.98 Å². The predicted molar refractivity (Wildman–Crippen MR) is 83.2 cm³/mol. The zero-order chi connectivity index (χ0) is 15.4. The highest BCUT2D eigenvalue weighted by atomic mass is 16.5. The van der Waals surface area contributed by atoms with Gasteiger partial charge in [0.15, 0.2) is 0 Å². The van der Waals surface area contributed by atoms with E-state index in [-0.39, 0.29) is 0 Å². The zero-order valence-electron chi connectivity index (χ0n) is 12.4. The normalized spacial score (nSPS) is 10.0. The number of nitrogen functional groups attached to an aromatic ring is 1. The fourth-order valence-electron chi connectivity index (χ4n) is 2.20. The molecule has 0 aliphatic heterocycles. The minimum Gasteiger partial charge on any atom is -0.495 e. The lowest BCUT2D eigenvalue weighted by Crippen LogP contribution is -2.05. The van der Waals surface area contributed by atoms with Crippen molar-refractivity contribution in [3.05, 3.63) is 46.8 Å². The first-order chi connectivity index (χ1) is 10.0. The Hall–Kier alpha value is -2.74. The molecule has 0 saturated carbocycles. The van der Waals surface area contributed by atoms with Crippen LogP contribution in [0.3, 0.4) is 0 Å². The number of aromatic nitrogens is 1. The third-order valence-electron chi connectivity index (χ3n) is 3.22. The minimum absolute atomic E-state index is 0.571. The smallest absolute Gasteiger partial charge is 0.141 e.